The van der Waals surface area contributed by atoms with E-state index in [1.54, 1.807) is 6.07 Å². The molecule has 0 aliphatic carbocycles. The zero-order valence-corrected chi connectivity index (χ0v) is 12.4. The molecule has 1 unspecified atom stereocenters. The first-order valence-corrected chi connectivity index (χ1v) is 7.59. The van der Waals surface area contributed by atoms with Gasteiger partial charge in [-0.25, -0.2) is 4.98 Å². The summed E-state index contributed by atoms with van der Waals surface area (Å²) in [5.74, 6) is -0.196. The molecule has 1 amide bonds. The maximum atomic E-state index is 12.5. The van der Waals surface area contributed by atoms with Crippen LogP contribution in [0.1, 0.15) is 6.42 Å². The number of carbonyl (C=O) groups excluding carboxylic acids is 1. The van der Waals surface area contributed by atoms with Gasteiger partial charge in [-0.15, -0.1) is 0 Å². The van der Waals surface area contributed by atoms with Crippen LogP contribution >= 0.6 is 0 Å². The Balaban J connectivity index is 1.65. The molecule has 3 heterocycles. The molecule has 2 N–H and O–H groups in total. The highest BCUT2D eigenvalue weighted by Gasteiger charge is 2.18. The lowest BCUT2D eigenvalue weighted by Gasteiger charge is -2.11. The van der Waals surface area contributed by atoms with Crippen LogP contribution in [0.4, 0.5) is 0 Å². The summed E-state index contributed by atoms with van der Waals surface area (Å²) in [5.41, 5.74) is 0.989. The summed E-state index contributed by atoms with van der Waals surface area (Å²) < 4.78 is 6.88. The maximum absolute atomic E-state index is 12.5. The number of hydrogen-bond acceptors (Lipinski definition) is 5. The Kier molecular flexibility index (Phi) is 3.34. The maximum Gasteiger partial charge on any atom is 0.297 e. The van der Waals surface area contributed by atoms with Crippen LogP contribution in [0.3, 0.4) is 0 Å². The molecule has 23 heavy (non-hydrogen) atoms. The van der Waals surface area contributed by atoms with Crippen molar-refractivity contribution in [2.75, 3.05) is 13.1 Å². The molecule has 1 atom stereocenters. The first-order valence-electron chi connectivity index (χ1n) is 7.59. The molecule has 1 aliphatic rings. The molecule has 1 aromatic carbocycles. The number of furan rings is 1. The van der Waals surface area contributed by atoms with Gasteiger partial charge in [0.2, 0.25) is 11.5 Å². The fraction of sp³-hybridized carbons (Fsp3) is 0.312. The van der Waals surface area contributed by atoms with E-state index in [0.29, 0.717) is 11.1 Å². The number of fused-ring (bicyclic) bond motifs is 3. The highest BCUT2D eigenvalue weighted by Crippen LogP contribution is 2.23. The van der Waals surface area contributed by atoms with Crippen LogP contribution in [0.25, 0.3) is 22.1 Å². The van der Waals surface area contributed by atoms with Crippen LogP contribution in [-0.2, 0) is 11.3 Å². The molecule has 0 spiro atoms. The monoisotopic (exact) mass is 312 g/mol. The largest absolute Gasteiger partial charge is 0.448 e. The van der Waals surface area contributed by atoms with Gasteiger partial charge in [0, 0.05) is 18.0 Å². The van der Waals surface area contributed by atoms with Crippen molar-refractivity contribution in [1.82, 2.24) is 20.2 Å². The van der Waals surface area contributed by atoms with E-state index < -0.39 is 0 Å². The molecule has 0 saturated carbocycles. The Morgan fingerprint density at radius 1 is 1.43 bits per heavy atom. The molecule has 0 bridgehead atoms. The van der Waals surface area contributed by atoms with E-state index in [2.05, 4.69) is 15.6 Å². The number of nitrogens with zero attached hydrogens (tertiary/aromatic N) is 2. The van der Waals surface area contributed by atoms with Crippen LogP contribution in [-0.4, -0.2) is 34.6 Å². The van der Waals surface area contributed by atoms with Crippen LogP contribution in [0, 0.1) is 0 Å². The molecule has 7 heteroatoms. The van der Waals surface area contributed by atoms with E-state index in [1.165, 1.54) is 10.9 Å². The number of rotatable bonds is 3. The summed E-state index contributed by atoms with van der Waals surface area (Å²) >= 11 is 0. The molecule has 2 aromatic heterocycles. The van der Waals surface area contributed by atoms with Crippen LogP contribution in [0.2, 0.25) is 0 Å². The van der Waals surface area contributed by atoms with Crippen molar-refractivity contribution < 1.29 is 9.21 Å². The predicted molar refractivity (Wildman–Crippen MR) is 85.2 cm³/mol. The van der Waals surface area contributed by atoms with Gasteiger partial charge in [0.25, 0.3) is 5.56 Å². The number of hydrogen-bond donors (Lipinski definition) is 2. The predicted octanol–water partition coefficient (Wildman–Crippen LogP) is 0.621. The second-order valence-corrected chi connectivity index (χ2v) is 5.71. The van der Waals surface area contributed by atoms with Gasteiger partial charge in [-0.05, 0) is 25.1 Å². The summed E-state index contributed by atoms with van der Waals surface area (Å²) in [5, 5.41) is 6.89. The Morgan fingerprint density at radius 2 is 2.30 bits per heavy atom. The Bertz CT molecular complexity index is 937. The number of para-hydroxylation sites is 1. The van der Waals surface area contributed by atoms with E-state index in [-0.39, 0.29) is 29.6 Å². The van der Waals surface area contributed by atoms with Gasteiger partial charge < -0.3 is 15.1 Å². The molecule has 4 rings (SSSR count). The Hall–Kier alpha value is -2.67. The zero-order valence-electron chi connectivity index (χ0n) is 12.4. The van der Waals surface area contributed by atoms with Gasteiger partial charge in [0.05, 0.1) is 6.33 Å². The average Bonchev–Trinajstić information content (AvgIpc) is 3.17. The summed E-state index contributed by atoms with van der Waals surface area (Å²) in [6, 6.07) is 7.49. The van der Waals surface area contributed by atoms with E-state index in [9.17, 15) is 9.59 Å². The van der Waals surface area contributed by atoms with E-state index in [0.717, 1.165) is 24.9 Å². The molecular formula is C16H16N4O3. The minimum Gasteiger partial charge on any atom is -0.448 e. The van der Waals surface area contributed by atoms with Crippen molar-refractivity contribution in [1.29, 1.82) is 0 Å². The summed E-state index contributed by atoms with van der Waals surface area (Å²) in [6.07, 6.45) is 2.31. The fourth-order valence-electron chi connectivity index (χ4n) is 2.93. The van der Waals surface area contributed by atoms with Crippen molar-refractivity contribution >= 4 is 28.0 Å². The van der Waals surface area contributed by atoms with Crippen molar-refractivity contribution in [3.8, 4) is 0 Å². The standard InChI is InChI=1S/C16H16N4O3/c21-13(19-10-5-6-17-7-10)8-20-9-18-14-11-3-1-2-4-12(11)23-15(14)16(20)22/h1-4,9-10,17H,5-8H2,(H,19,21). The normalized spacial score (nSPS) is 17.8. The minimum absolute atomic E-state index is 0.0602. The molecule has 118 valence electrons. The highest BCUT2D eigenvalue weighted by atomic mass is 16.3. The third-order valence-electron chi connectivity index (χ3n) is 4.09. The van der Waals surface area contributed by atoms with E-state index in [1.807, 2.05) is 18.2 Å². The van der Waals surface area contributed by atoms with E-state index >= 15 is 0 Å². The van der Waals surface area contributed by atoms with Crippen molar-refractivity contribution in [3.63, 3.8) is 0 Å². The minimum atomic E-state index is -0.342. The summed E-state index contributed by atoms with van der Waals surface area (Å²) in [6.45, 7) is 1.61. The second-order valence-electron chi connectivity index (χ2n) is 5.71. The van der Waals surface area contributed by atoms with Gasteiger partial charge in [0.1, 0.15) is 17.6 Å². The van der Waals surface area contributed by atoms with Gasteiger partial charge in [-0.1, -0.05) is 12.1 Å². The number of aromatic nitrogens is 2. The quantitative estimate of drug-likeness (QED) is 0.740. The lowest BCUT2D eigenvalue weighted by molar-refractivity contribution is -0.122. The first-order chi connectivity index (χ1) is 11.2. The average molecular weight is 312 g/mol. The van der Waals surface area contributed by atoms with Crippen LogP contribution in [0.15, 0.2) is 39.8 Å². The molecule has 1 aliphatic heterocycles. The topological polar surface area (TPSA) is 89.2 Å². The SMILES string of the molecule is O=C(Cn1cnc2c(oc3ccccc32)c1=O)NC1CCNC1. The Morgan fingerprint density at radius 3 is 3.13 bits per heavy atom. The van der Waals surface area contributed by atoms with E-state index in [4.69, 9.17) is 4.42 Å². The molecular weight excluding hydrogens is 296 g/mol. The van der Waals surface area contributed by atoms with Crippen molar-refractivity contribution in [2.24, 2.45) is 0 Å². The van der Waals surface area contributed by atoms with Gasteiger partial charge in [-0.2, -0.15) is 0 Å². The number of nitrogens with one attached hydrogen (secondary N) is 2. The number of amides is 1. The third-order valence-corrected chi connectivity index (χ3v) is 4.09. The van der Waals surface area contributed by atoms with Crippen LogP contribution in [0.5, 0.6) is 0 Å². The molecule has 1 saturated heterocycles. The lowest BCUT2D eigenvalue weighted by atomic mass is 10.2. The summed E-state index contributed by atoms with van der Waals surface area (Å²) in [7, 11) is 0. The lowest BCUT2D eigenvalue weighted by Crippen LogP contribution is -2.39. The zero-order chi connectivity index (χ0) is 15.8. The molecule has 3 aromatic rings. The number of carbonyl (C=O) groups is 1. The smallest absolute Gasteiger partial charge is 0.297 e. The van der Waals surface area contributed by atoms with Crippen LogP contribution < -0.4 is 16.2 Å². The molecule has 7 nitrogen and oxygen atoms in total. The highest BCUT2D eigenvalue weighted by molar-refractivity contribution is 6.01. The second kappa shape index (κ2) is 5.51. The van der Waals surface area contributed by atoms with Crippen molar-refractivity contribution in [2.45, 2.75) is 19.0 Å². The summed E-state index contributed by atoms with van der Waals surface area (Å²) in [4.78, 5) is 28.9. The van der Waals surface area contributed by atoms with Gasteiger partial charge in [-0.3, -0.25) is 14.2 Å². The van der Waals surface area contributed by atoms with Crippen molar-refractivity contribution in [3.05, 3.63) is 40.9 Å². The molecule has 0 radical (unpaired) electrons. The Labute approximate surface area is 131 Å². The van der Waals surface area contributed by atoms with Gasteiger partial charge in [0.15, 0.2) is 0 Å². The fourth-order valence-corrected chi connectivity index (χ4v) is 2.93. The number of benzene rings is 1. The molecule has 1 fully saturated rings. The van der Waals surface area contributed by atoms with Gasteiger partial charge >= 0.3 is 0 Å². The first kappa shape index (κ1) is 14.0. The third kappa shape index (κ3) is 2.49.